The van der Waals surface area contributed by atoms with Crippen molar-refractivity contribution < 1.29 is 8.83 Å². The Morgan fingerprint density at radius 3 is 1.21 bits per heavy atom. The molecule has 21 aromatic rings. The summed E-state index contributed by atoms with van der Waals surface area (Å²) in [5, 5.41) is 6.24. The van der Waals surface area contributed by atoms with Crippen LogP contribution in [0.1, 0.15) is 0 Å². The Bertz CT molecular complexity index is 7030. The van der Waals surface area contributed by atoms with Crippen LogP contribution >= 0.6 is 0 Å². The van der Waals surface area contributed by atoms with Crippen LogP contribution < -0.4 is 0 Å². The number of hydrogen-bond acceptors (Lipinski definition) is 9. The van der Waals surface area contributed by atoms with Crippen LogP contribution in [-0.4, -0.2) is 44.0 Å². The standard InChI is InChI=1S/C95H57N9O2/c1-6-23-58(24-7-1)59-47-49-65(50-48-59)91-96-85(62-25-8-2-9-26-62)89-87(98-91)76-56-75-73-39-16-18-41-77(73)104(80(75)57-82(76)106-89)72-38-22-35-70(55-72)95-101-92(64-29-12-4-13-30-64)100-94(102-95)69-34-21-32-67(54-69)61-45-43-60(44-46-61)66-31-20-33-68(53-66)93-97-86(63-27-10-3-11-28-63)90-88(99-93)84-81(105-90)52-51-79-83(84)74-40-17-19-42-78(74)103(79)71-36-14-5-15-37-71/h1-57H. The summed E-state index contributed by atoms with van der Waals surface area (Å²) in [6, 6.07) is 120. The maximum atomic E-state index is 6.97. The first-order valence-electron chi connectivity index (χ1n) is 35.4. The highest BCUT2D eigenvalue weighted by atomic mass is 16.3. The van der Waals surface area contributed by atoms with Gasteiger partial charge in [0.2, 0.25) is 0 Å². The van der Waals surface area contributed by atoms with Crippen molar-refractivity contribution in [1.29, 1.82) is 0 Å². The van der Waals surface area contributed by atoms with Gasteiger partial charge in [-0.3, -0.25) is 0 Å². The molecule has 0 amide bonds. The molecule has 0 aliphatic heterocycles. The molecule has 14 aromatic carbocycles. The van der Waals surface area contributed by atoms with Crippen molar-refractivity contribution in [2.45, 2.75) is 0 Å². The molecule has 494 valence electrons. The molecule has 11 nitrogen and oxygen atoms in total. The van der Waals surface area contributed by atoms with Gasteiger partial charge in [-0.05, 0) is 100 Å². The second-order valence-electron chi connectivity index (χ2n) is 26.7. The van der Waals surface area contributed by atoms with Crippen LogP contribution in [0.25, 0.3) is 212 Å². The quantitative estimate of drug-likeness (QED) is 0.117. The number of nitrogens with zero attached hydrogens (tertiary/aromatic N) is 9. The summed E-state index contributed by atoms with van der Waals surface area (Å²) >= 11 is 0. The third-order valence-electron chi connectivity index (χ3n) is 20.4. The van der Waals surface area contributed by atoms with Crippen LogP contribution in [0.3, 0.4) is 0 Å². The van der Waals surface area contributed by atoms with E-state index in [0.29, 0.717) is 45.9 Å². The molecule has 7 aromatic heterocycles. The molecule has 0 radical (unpaired) electrons. The number of rotatable bonds is 12. The molecule has 0 saturated heterocycles. The zero-order valence-electron chi connectivity index (χ0n) is 56.8. The van der Waals surface area contributed by atoms with E-state index in [-0.39, 0.29) is 0 Å². The fraction of sp³-hybridized carbons (Fsp3) is 0. The van der Waals surface area contributed by atoms with Crippen molar-refractivity contribution in [3.8, 4) is 124 Å². The smallest absolute Gasteiger partial charge is 0.180 e. The van der Waals surface area contributed by atoms with Crippen LogP contribution in [0.15, 0.2) is 355 Å². The highest BCUT2D eigenvalue weighted by Gasteiger charge is 2.26. The van der Waals surface area contributed by atoms with E-state index >= 15 is 0 Å². The highest BCUT2D eigenvalue weighted by molar-refractivity contribution is 6.27. The second kappa shape index (κ2) is 24.6. The monoisotopic (exact) mass is 1360 g/mol. The van der Waals surface area contributed by atoms with Gasteiger partial charge in [0.25, 0.3) is 0 Å². The van der Waals surface area contributed by atoms with Crippen molar-refractivity contribution in [3.05, 3.63) is 346 Å². The molecule has 7 heterocycles. The third kappa shape index (κ3) is 10.2. The lowest BCUT2D eigenvalue weighted by molar-refractivity contribution is 0.667. The molecule has 0 unspecified atom stereocenters. The van der Waals surface area contributed by atoms with Crippen molar-refractivity contribution in [3.63, 3.8) is 0 Å². The van der Waals surface area contributed by atoms with E-state index in [4.69, 9.17) is 43.7 Å². The average molecular weight is 1360 g/mol. The maximum absolute atomic E-state index is 6.97. The average Bonchev–Trinajstić information content (AvgIpc) is 1.56. The zero-order valence-corrected chi connectivity index (χ0v) is 56.8. The number of furan rings is 2. The molecular formula is C95H57N9O2. The molecule has 106 heavy (non-hydrogen) atoms. The Hall–Kier alpha value is -14.6. The zero-order chi connectivity index (χ0) is 69.8. The Kier molecular flexibility index (Phi) is 14.0. The Morgan fingerprint density at radius 1 is 0.198 bits per heavy atom. The third-order valence-corrected chi connectivity index (χ3v) is 20.4. The van der Waals surface area contributed by atoms with E-state index in [9.17, 15) is 0 Å². The van der Waals surface area contributed by atoms with Gasteiger partial charge in [-0.1, -0.05) is 273 Å². The summed E-state index contributed by atoms with van der Waals surface area (Å²) in [6.45, 7) is 0. The molecule has 0 aliphatic carbocycles. The number of fused-ring (bicyclic) bond motifs is 13. The van der Waals surface area contributed by atoms with E-state index in [1.807, 2.05) is 72.8 Å². The minimum Gasteiger partial charge on any atom is -0.452 e. The van der Waals surface area contributed by atoms with Crippen molar-refractivity contribution in [2.75, 3.05) is 0 Å². The van der Waals surface area contributed by atoms with Gasteiger partial charge in [0.15, 0.2) is 40.3 Å². The number of para-hydroxylation sites is 3. The first kappa shape index (κ1) is 60.2. The lowest BCUT2D eigenvalue weighted by Gasteiger charge is -2.12. The summed E-state index contributed by atoms with van der Waals surface area (Å²) in [5.74, 6) is 2.91. The van der Waals surface area contributed by atoms with Gasteiger partial charge in [0, 0.05) is 83.3 Å². The fourth-order valence-electron chi connectivity index (χ4n) is 15.4. The van der Waals surface area contributed by atoms with Gasteiger partial charge in [0.05, 0.1) is 27.5 Å². The molecule has 0 spiro atoms. The van der Waals surface area contributed by atoms with Gasteiger partial charge in [0.1, 0.15) is 33.6 Å². The fourth-order valence-corrected chi connectivity index (χ4v) is 15.4. The largest absolute Gasteiger partial charge is 0.452 e. The number of aromatic nitrogens is 9. The van der Waals surface area contributed by atoms with Crippen LogP contribution in [-0.2, 0) is 0 Å². The van der Waals surface area contributed by atoms with E-state index in [1.165, 1.54) is 0 Å². The topological polar surface area (TPSA) is 126 Å². The molecule has 0 atom stereocenters. The van der Waals surface area contributed by atoms with Crippen LogP contribution in [0, 0.1) is 0 Å². The van der Waals surface area contributed by atoms with Gasteiger partial charge in [-0.25, -0.2) is 34.9 Å². The van der Waals surface area contributed by atoms with Crippen molar-refractivity contribution in [1.82, 2.24) is 44.0 Å². The molecule has 0 bridgehead atoms. The molecule has 11 heteroatoms. The summed E-state index contributed by atoms with van der Waals surface area (Å²) in [5.41, 5.74) is 24.7. The molecule has 0 N–H and O–H groups in total. The van der Waals surface area contributed by atoms with Crippen molar-refractivity contribution in [2.24, 2.45) is 0 Å². The van der Waals surface area contributed by atoms with E-state index in [1.54, 1.807) is 0 Å². The lowest BCUT2D eigenvalue weighted by atomic mass is 9.98. The van der Waals surface area contributed by atoms with Gasteiger partial charge >= 0.3 is 0 Å². The SMILES string of the molecule is c1ccc(-c2ccc(-c3nc(-c4ccccc4)c4oc5cc6c(cc5c4n3)c3ccccc3n6-c3cccc(-c4nc(-c5ccccc5)nc(-c5cccc(-c6ccc(-c7cccc(-c8nc(-c9ccccc9)c9oc%10ccc%11c(c%12ccccc%12n%11-c%11ccccc%11)c%10c9n8)c7)cc6)c5)n4)c3)cc2)cc1. The van der Waals surface area contributed by atoms with Crippen LogP contribution in [0.5, 0.6) is 0 Å². The van der Waals surface area contributed by atoms with Gasteiger partial charge in [-0.2, -0.15) is 0 Å². The summed E-state index contributed by atoms with van der Waals surface area (Å²) in [4.78, 5) is 37.1. The normalized spacial score (nSPS) is 11.8. The minimum absolute atomic E-state index is 0.546. The van der Waals surface area contributed by atoms with Crippen LogP contribution in [0.2, 0.25) is 0 Å². The lowest BCUT2D eigenvalue weighted by Crippen LogP contribution is -2.01. The van der Waals surface area contributed by atoms with Crippen molar-refractivity contribution >= 4 is 87.7 Å². The summed E-state index contributed by atoms with van der Waals surface area (Å²) in [7, 11) is 0. The van der Waals surface area contributed by atoms with E-state index < -0.39 is 0 Å². The molecule has 0 saturated carbocycles. The van der Waals surface area contributed by atoms with Gasteiger partial charge < -0.3 is 18.0 Å². The second-order valence-corrected chi connectivity index (χ2v) is 26.7. The Labute approximate surface area is 607 Å². The Morgan fingerprint density at radius 2 is 0.594 bits per heavy atom. The van der Waals surface area contributed by atoms with E-state index in [2.05, 4.69) is 282 Å². The van der Waals surface area contributed by atoms with Crippen LogP contribution in [0.4, 0.5) is 0 Å². The van der Waals surface area contributed by atoms with Gasteiger partial charge in [-0.15, -0.1) is 0 Å². The summed E-state index contributed by atoms with van der Waals surface area (Å²) < 4.78 is 18.5. The predicted molar refractivity (Wildman–Crippen MR) is 429 cm³/mol. The maximum Gasteiger partial charge on any atom is 0.180 e. The molecule has 0 aliphatic rings. The van der Waals surface area contributed by atoms with E-state index in [0.717, 1.165) is 166 Å². The first-order valence-corrected chi connectivity index (χ1v) is 35.4. The molecular weight excluding hydrogens is 1300 g/mol. The Balaban J connectivity index is 0.627. The number of hydrogen-bond donors (Lipinski definition) is 0. The predicted octanol–water partition coefficient (Wildman–Crippen LogP) is 24.1. The number of benzene rings is 14. The molecule has 0 fully saturated rings. The highest BCUT2D eigenvalue weighted by Crippen LogP contribution is 2.46. The molecule has 21 rings (SSSR count). The first-order chi connectivity index (χ1) is 52.5. The minimum atomic E-state index is 0.546. The summed E-state index contributed by atoms with van der Waals surface area (Å²) in [6.07, 6.45) is 0.